The predicted octanol–water partition coefficient (Wildman–Crippen LogP) is 6.57. The summed E-state index contributed by atoms with van der Waals surface area (Å²) < 4.78 is 0. The zero-order valence-electron chi connectivity index (χ0n) is 19.5. The fourth-order valence-electron chi connectivity index (χ4n) is 8.66. The van der Waals surface area contributed by atoms with E-state index in [4.69, 9.17) is 0 Å². The number of allylic oxidation sites excluding steroid dienone is 1. The molecule has 1 unspecified atom stereocenters. The van der Waals surface area contributed by atoms with E-state index in [0.717, 1.165) is 49.4 Å². The molecule has 0 amide bonds. The van der Waals surface area contributed by atoms with Crippen LogP contribution in [0.5, 0.6) is 0 Å². The van der Waals surface area contributed by atoms with Gasteiger partial charge in [0.1, 0.15) is 5.78 Å². The van der Waals surface area contributed by atoms with Gasteiger partial charge in [0.15, 0.2) is 0 Å². The predicted molar refractivity (Wildman–Crippen MR) is 119 cm³/mol. The van der Waals surface area contributed by atoms with Crippen LogP contribution >= 0.6 is 0 Å². The fraction of sp³-hybridized carbons (Fsp3) is 0.889. The summed E-state index contributed by atoms with van der Waals surface area (Å²) in [6.45, 7) is 11.8. The van der Waals surface area contributed by atoms with Crippen LogP contribution in [0.4, 0.5) is 0 Å². The van der Waals surface area contributed by atoms with Crippen molar-refractivity contribution in [2.24, 2.45) is 46.3 Å². The van der Waals surface area contributed by atoms with Crippen molar-refractivity contribution in [3.05, 3.63) is 11.6 Å². The van der Waals surface area contributed by atoms with Crippen molar-refractivity contribution in [2.45, 2.75) is 105 Å². The van der Waals surface area contributed by atoms with E-state index < -0.39 is 0 Å². The lowest BCUT2D eigenvalue weighted by molar-refractivity contribution is -0.121. The van der Waals surface area contributed by atoms with Gasteiger partial charge in [-0.1, -0.05) is 46.3 Å². The average molecular weight is 401 g/mol. The molecule has 3 saturated carbocycles. The summed E-state index contributed by atoms with van der Waals surface area (Å²) in [5, 5.41) is 10.2. The molecule has 8 atom stereocenters. The summed E-state index contributed by atoms with van der Waals surface area (Å²) in [7, 11) is 0. The largest absolute Gasteiger partial charge is 0.393 e. The second-order valence-electron chi connectivity index (χ2n) is 12.2. The zero-order valence-corrected chi connectivity index (χ0v) is 19.5. The van der Waals surface area contributed by atoms with E-state index in [1.54, 1.807) is 5.57 Å². The smallest absolute Gasteiger partial charge is 0.133 e. The van der Waals surface area contributed by atoms with Gasteiger partial charge in [0.25, 0.3) is 0 Å². The van der Waals surface area contributed by atoms with Crippen LogP contribution in [0.25, 0.3) is 0 Å². The van der Waals surface area contributed by atoms with Gasteiger partial charge in [0.2, 0.25) is 0 Å². The first kappa shape index (κ1) is 21.6. The summed E-state index contributed by atoms with van der Waals surface area (Å²) >= 11 is 0. The molecule has 0 aromatic heterocycles. The highest BCUT2D eigenvalue weighted by Crippen LogP contribution is 2.67. The second-order valence-corrected chi connectivity index (χ2v) is 12.2. The number of fused-ring (bicyclic) bond motifs is 5. The van der Waals surface area contributed by atoms with Crippen LogP contribution in [0, 0.1) is 46.3 Å². The molecule has 0 heterocycles. The first-order valence-electron chi connectivity index (χ1n) is 12.5. The third kappa shape index (κ3) is 3.66. The monoisotopic (exact) mass is 400 g/mol. The molecule has 0 aromatic carbocycles. The van der Waals surface area contributed by atoms with Gasteiger partial charge in [-0.25, -0.2) is 0 Å². The number of aliphatic hydroxyl groups is 1. The van der Waals surface area contributed by atoms with Gasteiger partial charge in [-0.05, 0) is 97.7 Å². The lowest BCUT2D eigenvalue weighted by Crippen LogP contribution is -2.50. The number of hydrogen-bond acceptors (Lipinski definition) is 2. The van der Waals surface area contributed by atoms with Crippen LogP contribution in [0.15, 0.2) is 11.6 Å². The minimum atomic E-state index is -0.111. The summed E-state index contributed by atoms with van der Waals surface area (Å²) in [5.74, 6) is 4.67. The Morgan fingerprint density at radius 3 is 2.55 bits per heavy atom. The Morgan fingerprint density at radius 1 is 1.07 bits per heavy atom. The van der Waals surface area contributed by atoms with Crippen molar-refractivity contribution in [3.63, 3.8) is 0 Å². The Balaban J connectivity index is 1.51. The Bertz CT molecular complexity index is 663. The van der Waals surface area contributed by atoms with Gasteiger partial charge < -0.3 is 5.11 Å². The Morgan fingerprint density at radius 2 is 1.83 bits per heavy atom. The quantitative estimate of drug-likeness (QED) is 0.530. The van der Waals surface area contributed by atoms with Crippen molar-refractivity contribution in [3.8, 4) is 0 Å². The van der Waals surface area contributed by atoms with Crippen molar-refractivity contribution in [1.82, 2.24) is 0 Å². The molecule has 0 saturated heterocycles. The third-order valence-electron chi connectivity index (χ3n) is 10.0. The summed E-state index contributed by atoms with van der Waals surface area (Å²) in [6, 6.07) is 0. The lowest BCUT2D eigenvalue weighted by Gasteiger charge is -2.58. The van der Waals surface area contributed by atoms with Crippen LogP contribution in [-0.2, 0) is 4.79 Å². The molecule has 3 fully saturated rings. The Hall–Kier alpha value is -0.630. The van der Waals surface area contributed by atoms with E-state index >= 15 is 0 Å². The first-order valence-corrected chi connectivity index (χ1v) is 12.5. The van der Waals surface area contributed by atoms with Crippen LogP contribution in [0.2, 0.25) is 0 Å². The standard InChI is InChI=1S/C27H44O2/c1-17(2)14-21(29)15-18(3)23-8-9-24-22-7-6-19-16-20(28)10-12-26(19,4)25(22)11-13-27(23,24)5/h6,17-18,20,22-25,28H,7-16H2,1-5H3/t18?,20-,22-,23+,24-,25-,26-,27+/m0/s1. The first-order chi connectivity index (χ1) is 13.6. The SMILES string of the molecule is CC(C)CC(=O)CC(C)[C@H]1CC[C@H]2[C@@H]3CC=C4C[C@@H](O)CC[C@]4(C)[C@H]3CC[C@]12C. The molecule has 4 rings (SSSR count). The van der Waals surface area contributed by atoms with Crippen molar-refractivity contribution in [2.75, 3.05) is 0 Å². The number of carbonyl (C=O) groups is 1. The van der Waals surface area contributed by atoms with E-state index in [0.29, 0.717) is 28.4 Å². The molecule has 0 aliphatic heterocycles. The minimum Gasteiger partial charge on any atom is -0.393 e. The summed E-state index contributed by atoms with van der Waals surface area (Å²) in [4.78, 5) is 12.5. The summed E-state index contributed by atoms with van der Waals surface area (Å²) in [5.41, 5.74) is 2.33. The molecule has 29 heavy (non-hydrogen) atoms. The van der Waals surface area contributed by atoms with Gasteiger partial charge in [-0.15, -0.1) is 0 Å². The normalized spacial score (nSPS) is 45.2. The van der Waals surface area contributed by atoms with E-state index in [-0.39, 0.29) is 6.10 Å². The van der Waals surface area contributed by atoms with Crippen molar-refractivity contribution >= 4 is 5.78 Å². The molecular formula is C27H44O2. The molecule has 0 spiro atoms. The van der Waals surface area contributed by atoms with Gasteiger partial charge in [0, 0.05) is 12.8 Å². The van der Waals surface area contributed by atoms with E-state index in [1.807, 2.05) is 0 Å². The van der Waals surface area contributed by atoms with Gasteiger partial charge in [-0.3, -0.25) is 4.79 Å². The number of ketones is 1. The molecule has 2 nitrogen and oxygen atoms in total. The van der Waals surface area contributed by atoms with Crippen LogP contribution in [0.3, 0.4) is 0 Å². The maximum atomic E-state index is 12.5. The maximum absolute atomic E-state index is 12.5. The minimum absolute atomic E-state index is 0.111. The number of Topliss-reactive ketones (excluding diaryl/α,β-unsaturated/α-hetero) is 1. The maximum Gasteiger partial charge on any atom is 0.133 e. The van der Waals surface area contributed by atoms with Crippen molar-refractivity contribution < 1.29 is 9.90 Å². The number of rotatable bonds is 5. The highest BCUT2D eigenvalue weighted by Gasteiger charge is 2.59. The topological polar surface area (TPSA) is 37.3 Å². The number of hydrogen-bond donors (Lipinski definition) is 1. The van der Waals surface area contributed by atoms with E-state index in [1.165, 1.54) is 38.5 Å². The Kier molecular flexibility index (Phi) is 5.82. The molecular weight excluding hydrogens is 356 g/mol. The highest BCUT2D eigenvalue weighted by atomic mass is 16.3. The van der Waals surface area contributed by atoms with Crippen LogP contribution < -0.4 is 0 Å². The van der Waals surface area contributed by atoms with Gasteiger partial charge in [0.05, 0.1) is 6.10 Å². The van der Waals surface area contributed by atoms with Crippen LogP contribution in [0.1, 0.15) is 98.8 Å². The number of carbonyl (C=O) groups excluding carboxylic acids is 1. The van der Waals surface area contributed by atoms with E-state index in [9.17, 15) is 9.90 Å². The summed E-state index contributed by atoms with van der Waals surface area (Å²) in [6.07, 6.45) is 13.7. The van der Waals surface area contributed by atoms with E-state index in [2.05, 4.69) is 40.7 Å². The fourth-order valence-corrected chi connectivity index (χ4v) is 8.66. The number of aliphatic hydroxyl groups excluding tert-OH is 1. The molecule has 4 aliphatic carbocycles. The molecule has 4 aliphatic rings. The van der Waals surface area contributed by atoms with Gasteiger partial charge >= 0.3 is 0 Å². The molecule has 0 radical (unpaired) electrons. The Labute approximate surface area is 178 Å². The average Bonchev–Trinajstić information content (AvgIpc) is 2.99. The zero-order chi connectivity index (χ0) is 21.0. The molecule has 2 heteroatoms. The van der Waals surface area contributed by atoms with Crippen LogP contribution in [-0.4, -0.2) is 17.0 Å². The molecule has 0 bridgehead atoms. The van der Waals surface area contributed by atoms with Gasteiger partial charge in [-0.2, -0.15) is 0 Å². The van der Waals surface area contributed by atoms with Crippen molar-refractivity contribution in [1.29, 1.82) is 0 Å². The molecule has 0 aromatic rings. The lowest BCUT2D eigenvalue weighted by atomic mass is 9.47. The molecule has 164 valence electrons. The third-order valence-corrected chi connectivity index (χ3v) is 10.0. The second kappa shape index (κ2) is 7.81. The molecule has 1 N–H and O–H groups in total. The highest BCUT2D eigenvalue weighted by molar-refractivity contribution is 5.78.